The number of rotatable bonds is 9. The predicted octanol–water partition coefficient (Wildman–Crippen LogP) is 6.60. The number of carboxylic acids is 1. The maximum atomic E-state index is 13.5. The molecule has 0 aliphatic rings. The minimum Gasteiger partial charge on any atom is -0.493 e. The molecule has 0 fully saturated rings. The first kappa shape index (κ1) is 27.5. The van der Waals surface area contributed by atoms with Crippen LogP contribution >= 0.6 is 31.9 Å². The van der Waals surface area contributed by atoms with Crippen LogP contribution in [0, 0.1) is 0 Å². The lowest BCUT2D eigenvalue weighted by molar-refractivity contribution is 0.0697. The molecule has 0 bridgehead atoms. The zero-order valence-electron chi connectivity index (χ0n) is 20.9. The van der Waals surface area contributed by atoms with E-state index in [2.05, 4.69) is 37.0 Å². The summed E-state index contributed by atoms with van der Waals surface area (Å²) >= 11 is 6.93. The Morgan fingerprint density at radius 1 is 1.13 bits per heavy atom. The largest absolute Gasteiger partial charge is 0.493 e. The minimum absolute atomic E-state index is 0.00515. The molecule has 0 spiro atoms. The van der Waals surface area contributed by atoms with Gasteiger partial charge in [-0.25, -0.2) is 9.78 Å². The summed E-state index contributed by atoms with van der Waals surface area (Å²) in [5, 5.41) is 14.2. The molecule has 0 aliphatic heterocycles. The van der Waals surface area contributed by atoms with Crippen molar-refractivity contribution in [3.8, 4) is 11.5 Å². The van der Waals surface area contributed by atoms with Crippen LogP contribution in [0.2, 0.25) is 0 Å². The lowest BCUT2D eigenvalue weighted by atomic mass is 10.1. The van der Waals surface area contributed by atoms with Crippen molar-refractivity contribution in [2.24, 2.45) is 5.10 Å². The molecule has 0 saturated carbocycles. The van der Waals surface area contributed by atoms with Crippen LogP contribution in [0.15, 0.2) is 73.4 Å². The Labute approximate surface area is 236 Å². The summed E-state index contributed by atoms with van der Waals surface area (Å²) in [7, 11) is 1.54. The summed E-state index contributed by atoms with van der Waals surface area (Å²) in [5.41, 5.74) is 1.89. The second kappa shape index (κ2) is 11.9. The fourth-order valence-electron chi connectivity index (χ4n) is 3.79. The molecule has 1 N–H and O–H groups in total. The molecular formula is C28H25Br2N3O5. The lowest BCUT2D eigenvalue weighted by Gasteiger charge is -2.16. The quantitative estimate of drug-likeness (QED) is 0.206. The number of methoxy groups -OCH3 is 1. The van der Waals surface area contributed by atoms with Gasteiger partial charge in [-0.2, -0.15) is 9.78 Å². The number of benzene rings is 3. The summed E-state index contributed by atoms with van der Waals surface area (Å²) in [6, 6.07) is 15.4. The first-order valence-corrected chi connectivity index (χ1v) is 13.4. The molecule has 38 heavy (non-hydrogen) atoms. The molecule has 1 atom stereocenters. The molecule has 196 valence electrons. The molecule has 0 saturated heterocycles. The number of hydrogen-bond donors (Lipinski definition) is 1. The number of ether oxygens (including phenoxy) is 2. The second-order valence-corrected chi connectivity index (χ2v) is 10.5. The molecule has 4 rings (SSSR count). The monoisotopic (exact) mass is 641 g/mol. The van der Waals surface area contributed by atoms with Crippen LogP contribution in [0.25, 0.3) is 10.9 Å². The van der Waals surface area contributed by atoms with Crippen molar-refractivity contribution in [3.63, 3.8) is 0 Å². The smallest absolute Gasteiger partial charge is 0.335 e. The summed E-state index contributed by atoms with van der Waals surface area (Å²) in [6.07, 6.45) is 2.33. The number of fused-ring (bicyclic) bond motifs is 1. The molecule has 0 amide bonds. The van der Waals surface area contributed by atoms with Crippen molar-refractivity contribution in [1.82, 2.24) is 9.66 Å². The third-order valence-corrected chi connectivity index (χ3v) is 7.00. The van der Waals surface area contributed by atoms with Crippen molar-refractivity contribution in [2.45, 2.75) is 32.8 Å². The van der Waals surface area contributed by atoms with Gasteiger partial charge in [-0.1, -0.05) is 57.8 Å². The third kappa shape index (κ3) is 5.97. The van der Waals surface area contributed by atoms with Crippen molar-refractivity contribution < 1.29 is 19.4 Å². The summed E-state index contributed by atoms with van der Waals surface area (Å²) in [5.74, 6) is 0.462. The average Bonchev–Trinajstić information content (AvgIpc) is 2.91. The molecule has 1 aromatic heterocycles. The number of halogens is 2. The van der Waals surface area contributed by atoms with Crippen molar-refractivity contribution in [3.05, 3.63) is 96.4 Å². The number of hydrogen-bond acceptors (Lipinski definition) is 6. The van der Waals surface area contributed by atoms with E-state index in [0.717, 1.165) is 20.9 Å². The van der Waals surface area contributed by atoms with E-state index in [4.69, 9.17) is 19.6 Å². The van der Waals surface area contributed by atoms with Gasteiger partial charge in [0.05, 0.1) is 29.8 Å². The number of aromatic nitrogens is 2. The molecule has 10 heteroatoms. The van der Waals surface area contributed by atoms with Crippen LogP contribution in [-0.4, -0.2) is 34.1 Å². The Kier molecular flexibility index (Phi) is 8.63. The van der Waals surface area contributed by atoms with E-state index in [1.54, 1.807) is 30.5 Å². The molecule has 0 unspecified atom stereocenters. The Bertz CT molecular complexity index is 1580. The predicted molar refractivity (Wildman–Crippen MR) is 154 cm³/mol. The summed E-state index contributed by atoms with van der Waals surface area (Å²) in [6.45, 7) is 4.21. The number of nitrogens with zero attached hydrogens (tertiary/aromatic N) is 3. The fraction of sp³-hybridized carbons (Fsp3) is 0.214. The Balaban J connectivity index is 1.76. The molecule has 0 radical (unpaired) electrons. The maximum Gasteiger partial charge on any atom is 0.335 e. The van der Waals surface area contributed by atoms with E-state index in [1.165, 1.54) is 23.9 Å². The fourth-order valence-corrected chi connectivity index (χ4v) is 4.60. The maximum absolute atomic E-state index is 13.5. The minimum atomic E-state index is -0.993. The van der Waals surface area contributed by atoms with Gasteiger partial charge in [0.1, 0.15) is 12.4 Å². The van der Waals surface area contributed by atoms with Crippen molar-refractivity contribution in [2.75, 3.05) is 7.11 Å². The van der Waals surface area contributed by atoms with Gasteiger partial charge in [0.15, 0.2) is 11.5 Å². The van der Waals surface area contributed by atoms with Crippen LogP contribution in [0.3, 0.4) is 0 Å². The van der Waals surface area contributed by atoms with Gasteiger partial charge >= 0.3 is 5.97 Å². The molecule has 1 heterocycles. The summed E-state index contributed by atoms with van der Waals surface area (Å²) < 4.78 is 14.5. The third-order valence-electron chi connectivity index (χ3n) is 6.05. The first-order valence-electron chi connectivity index (χ1n) is 11.8. The van der Waals surface area contributed by atoms with E-state index in [9.17, 15) is 9.59 Å². The molecule has 0 aliphatic carbocycles. The van der Waals surface area contributed by atoms with Crippen LogP contribution < -0.4 is 15.0 Å². The van der Waals surface area contributed by atoms with E-state index >= 15 is 0 Å². The highest BCUT2D eigenvalue weighted by molar-refractivity contribution is 9.10. The zero-order chi connectivity index (χ0) is 27.4. The van der Waals surface area contributed by atoms with Gasteiger partial charge in [0.25, 0.3) is 5.56 Å². The van der Waals surface area contributed by atoms with E-state index in [0.29, 0.717) is 33.8 Å². The van der Waals surface area contributed by atoms with Crippen molar-refractivity contribution in [1.29, 1.82) is 0 Å². The summed E-state index contributed by atoms with van der Waals surface area (Å²) in [4.78, 5) is 29.4. The molecule has 8 nitrogen and oxygen atoms in total. The van der Waals surface area contributed by atoms with E-state index < -0.39 is 5.97 Å². The highest BCUT2D eigenvalue weighted by Gasteiger charge is 2.17. The van der Waals surface area contributed by atoms with Gasteiger partial charge in [0.2, 0.25) is 0 Å². The topological polar surface area (TPSA) is 103 Å². The van der Waals surface area contributed by atoms with Gasteiger partial charge in [0, 0.05) is 20.4 Å². The zero-order valence-corrected chi connectivity index (χ0v) is 24.1. The first-order chi connectivity index (χ1) is 18.2. The lowest BCUT2D eigenvalue weighted by Crippen LogP contribution is -2.23. The Morgan fingerprint density at radius 2 is 1.87 bits per heavy atom. The average molecular weight is 643 g/mol. The molecule has 3 aromatic carbocycles. The Hall–Kier alpha value is -3.50. The van der Waals surface area contributed by atoms with E-state index in [-0.39, 0.29) is 23.6 Å². The van der Waals surface area contributed by atoms with Crippen LogP contribution in [0.5, 0.6) is 11.5 Å². The van der Waals surface area contributed by atoms with Crippen molar-refractivity contribution >= 4 is 54.9 Å². The second-order valence-electron chi connectivity index (χ2n) is 8.62. The van der Waals surface area contributed by atoms with Gasteiger partial charge in [-0.05, 0) is 54.4 Å². The molecule has 4 aromatic rings. The van der Waals surface area contributed by atoms with Crippen LogP contribution in [0.4, 0.5) is 0 Å². The number of carboxylic acid groups (broad SMARTS) is 1. The highest BCUT2D eigenvalue weighted by atomic mass is 79.9. The Morgan fingerprint density at radius 3 is 2.53 bits per heavy atom. The van der Waals surface area contributed by atoms with Gasteiger partial charge in [-0.3, -0.25) is 4.79 Å². The molecular weight excluding hydrogens is 618 g/mol. The SMILES string of the molecule is CC[C@@H](C)c1nc2ccc(Br)cc2c(=O)n1N=Cc1cc(Br)cc(OC)c1OCc1ccc(C(=O)O)cc1. The normalized spacial score (nSPS) is 12.1. The number of carbonyl (C=O) groups is 1. The van der Waals surface area contributed by atoms with Gasteiger partial charge < -0.3 is 14.6 Å². The standard InChI is InChI=1S/C28H25Br2N3O5/c1-4-16(2)26-32-23-10-9-20(29)12-22(23)27(34)33(26)31-14-19-11-21(30)13-24(37-3)25(19)38-15-17-5-7-18(8-6-17)28(35)36/h5-14,16H,4,15H2,1-3H3,(H,35,36)/t16-/m1/s1. The van der Waals surface area contributed by atoms with Gasteiger partial charge in [-0.15, -0.1) is 0 Å². The number of aromatic carboxylic acids is 1. The van der Waals surface area contributed by atoms with Crippen LogP contribution in [0.1, 0.15) is 53.5 Å². The highest BCUT2D eigenvalue weighted by Crippen LogP contribution is 2.35. The van der Waals surface area contributed by atoms with E-state index in [1.807, 2.05) is 32.0 Å². The van der Waals surface area contributed by atoms with Crippen LogP contribution in [-0.2, 0) is 6.61 Å².